The molecule has 0 aromatic carbocycles. The summed E-state index contributed by atoms with van der Waals surface area (Å²) >= 11 is 0. The number of amides is 1. The van der Waals surface area contributed by atoms with Crippen LogP contribution in [0.25, 0.3) is 0 Å². The smallest absolute Gasteiger partial charge is 0.239 e. The third-order valence-corrected chi connectivity index (χ3v) is 4.68. The van der Waals surface area contributed by atoms with Gasteiger partial charge >= 0.3 is 0 Å². The Hall–Kier alpha value is -1.73. The van der Waals surface area contributed by atoms with Crippen molar-refractivity contribution in [3.8, 4) is 0 Å². The number of piperidine rings is 1. The van der Waals surface area contributed by atoms with Crippen LogP contribution in [-0.4, -0.2) is 77.4 Å². The first-order chi connectivity index (χ1) is 11.2. The zero-order chi connectivity index (χ0) is 16.1. The Bertz CT molecular complexity index is 498. The van der Waals surface area contributed by atoms with Gasteiger partial charge in [-0.1, -0.05) is 0 Å². The lowest BCUT2D eigenvalue weighted by Gasteiger charge is -2.38. The number of hydrogen-bond acceptors (Lipinski definition) is 6. The minimum atomic E-state index is -0.0524. The molecular formula is C16H25N5O2. The summed E-state index contributed by atoms with van der Waals surface area (Å²) in [5.74, 6) is 1.05. The SMILES string of the molecule is C[C@@H](C(=O)N1CCC(Nc2cccnn2)CC1)N1CCOCC1. The molecule has 1 aromatic heterocycles. The van der Waals surface area contributed by atoms with Gasteiger partial charge in [0.15, 0.2) is 0 Å². The molecule has 1 N–H and O–H groups in total. The molecule has 2 fully saturated rings. The molecule has 0 radical (unpaired) electrons. The van der Waals surface area contributed by atoms with Gasteiger partial charge in [0.25, 0.3) is 0 Å². The van der Waals surface area contributed by atoms with Gasteiger partial charge in [-0.3, -0.25) is 9.69 Å². The van der Waals surface area contributed by atoms with Crippen molar-refractivity contribution in [2.45, 2.75) is 31.8 Å². The Labute approximate surface area is 137 Å². The largest absolute Gasteiger partial charge is 0.379 e. The number of likely N-dealkylation sites (tertiary alicyclic amines) is 1. The highest BCUT2D eigenvalue weighted by molar-refractivity contribution is 5.81. The van der Waals surface area contributed by atoms with Crippen molar-refractivity contribution >= 4 is 11.7 Å². The molecule has 0 unspecified atom stereocenters. The van der Waals surface area contributed by atoms with Gasteiger partial charge in [-0.15, -0.1) is 5.10 Å². The maximum atomic E-state index is 12.7. The van der Waals surface area contributed by atoms with Gasteiger partial charge in [-0.05, 0) is 31.9 Å². The Kier molecular flexibility index (Phi) is 5.40. The summed E-state index contributed by atoms with van der Waals surface area (Å²) in [6, 6.07) is 4.10. The van der Waals surface area contributed by atoms with E-state index in [0.29, 0.717) is 6.04 Å². The first-order valence-electron chi connectivity index (χ1n) is 8.39. The molecule has 0 spiro atoms. The molecule has 2 saturated heterocycles. The number of carbonyl (C=O) groups is 1. The lowest BCUT2D eigenvalue weighted by Crippen LogP contribution is -2.53. The molecule has 1 amide bonds. The van der Waals surface area contributed by atoms with E-state index in [2.05, 4.69) is 20.4 Å². The van der Waals surface area contributed by atoms with Gasteiger partial charge < -0.3 is 15.0 Å². The van der Waals surface area contributed by atoms with E-state index >= 15 is 0 Å². The Morgan fingerprint density at radius 3 is 2.70 bits per heavy atom. The first kappa shape index (κ1) is 16.1. The van der Waals surface area contributed by atoms with E-state index in [1.54, 1.807) is 6.20 Å². The zero-order valence-electron chi connectivity index (χ0n) is 13.6. The molecule has 126 valence electrons. The van der Waals surface area contributed by atoms with Gasteiger partial charge in [-0.2, -0.15) is 5.10 Å². The summed E-state index contributed by atoms with van der Waals surface area (Å²) in [7, 11) is 0. The van der Waals surface area contributed by atoms with Crippen molar-refractivity contribution in [2.75, 3.05) is 44.7 Å². The molecule has 0 saturated carbocycles. The molecule has 23 heavy (non-hydrogen) atoms. The third kappa shape index (κ3) is 4.17. The maximum absolute atomic E-state index is 12.7. The predicted octanol–water partition coefficient (Wildman–Crippen LogP) is 0.600. The van der Waals surface area contributed by atoms with E-state index < -0.39 is 0 Å². The average Bonchev–Trinajstić information content (AvgIpc) is 2.63. The lowest BCUT2D eigenvalue weighted by atomic mass is 10.0. The lowest BCUT2D eigenvalue weighted by molar-refractivity contribution is -0.139. The van der Waals surface area contributed by atoms with Crippen LogP contribution in [0.4, 0.5) is 5.82 Å². The standard InChI is InChI=1S/C16H25N5O2/c1-13(20-9-11-23-12-10-20)16(22)21-7-4-14(5-8-21)18-15-3-2-6-17-19-15/h2-3,6,13-14H,4-5,7-12H2,1H3,(H,18,19)/t13-/m0/s1. The molecule has 3 heterocycles. The van der Waals surface area contributed by atoms with Gasteiger partial charge in [0.2, 0.25) is 5.91 Å². The zero-order valence-corrected chi connectivity index (χ0v) is 13.6. The minimum Gasteiger partial charge on any atom is -0.379 e. The topological polar surface area (TPSA) is 70.6 Å². The first-order valence-corrected chi connectivity index (χ1v) is 8.39. The van der Waals surface area contributed by atoms with Crippen LogP contribution in [0.5, 0.6) is 0 Å². The van der Waals surface area contributed by atoms with E-state index in [-0.39, 0.29) is 11.9 Å². The van der Waals surface area contributed by atoms with Crippen LogP contribution >= 0.6 is 0 Å². The van der Waals surface area contributed by atoms with Crippen molar-refractivity contribution in [3.05, 3.63) is 18.3 Å². The highest BCUT2D eigenvalue weighted by Gasteiger charge is 2.29. The van der Waals surface area contributed by atoms with E-state index in [1.807, 2.05) is 24.0 Å². The minimum absolute atomic E-state index is 0.0524. The number of nitrogens with one attached hydrogen (secondary N) is 1. The highest BCUT2D eigenvalue weighted by atomic mass is 16.5. The predicted molar refractivity (Wildman–Crippen MR) is 87.1 cm³/mol. The van der Waals surface area contributed by atoms with Gasteiger partial charge in [0, 0.05) is 38.4 Å². The fourth-order valence-corrected chi connectivity index (χ4v) is 3.22. The van der Waals surface area contributed by atoms with Crippen molar-refractivity contribution in [1.82, 2.24) is 20.0 Å². The van der Waals surface area contributed by atoms with E-state index in [9.17, 15) is 4.79 Å². The van der Waals surface area contributed by atoms with E-state index in [4.69, 9.17) is 4.74 Å². The molecule has 3 rings (SSSR count). The van der Waals surface area contributed by atoms with Crippen LogP contribution in [-0.2, 0) is 9.53 Å². The number of anilines is 1. The molecule has 2 aliphatic heterocycles. The van der Waals surface area contributed by atoms with E-state index in [0.717, 1.165) is 58.1 Å². The normalized spacial score (nSPS) is 21.9. The quantitative estimate of drug-likeness (QED) is 0.876. The summed E-state index contributed by atoms with van der Waals surface area (Å²) in [6.45, 7) is 6.74. The molecule has 7 nitrogen and oxygen atoms in total. The second kappa shape index (κ2) is 7.70. The number of ether oxygens (including phenoxy) is 1. The van der Waals surface area contributed by atoms with Crippen LogP contribution in [0, 0.1) is 0 Å². The Morgan fingerprint density at radius 1 is 1.30 bits per heavy atom. The molecule has 1 atom stereocenters. The molecule has 0 bridgehead atoms. The molecular weight excluding hydrogens is 294 g/mol. The van der Waals surface area contributed by atoms with Crippen molar-refractivity contribution in [1.29, 1.82) is 0 Å². The number of hydrogen-bond donors (Lipinski definition) is 1. The number of aromatic nitrogens is 2. The second-order valence-electron chi connectivity index (χ2n) is 6.18. The number of carbonyl (C=O) groups excluding carboxylic acids is 1. The van der Waals surface area contributed by atoms with Crippen molar-refractivity contribution < 1.29 is 9.53 Å². The van der Waals surface area contributed by atoms with Crippen molar-refractivity contribution in [2.24, 2.45) is 0 Å². The van der Waals surface area contributed by atoms with Crippen LogP contribution in [0.15, 0.2) is 18.3 Å². The summed E-state index contributed by atoms with van der Waals surface area (Å²) < 4.78 is 5.36. The summed E-state index contributed by atoms with van der Waals surface area (Å²) in [5.41, 5.74) is 0. The fourth-order valence-electron chi connectivity index (χ4n) is 3.22. The Morgan fingerprint density at radius 2 is 2.04 bits per heavy atom. The molecule has 0 aliphatic carbocycles. The molecule has 1 aromatic rings. The fraction of sp³-hybridized carbons (Fsp3) is 0.688. The van der Waals surface area contributed by atoms with Gasteiger partial charge in [0.1, 0.15) is 5.82 Å². The van der Waals surface area contributed by atoms with E-state index in [1.165, 1.54) is 0 Å². The second-order valence-corrected chi connectivity index (χ2v) is 6.18. The van der Waals surface area contributed by atoms with Crippen molar-refractivity contribution in [3.63, 3.8) is 0 Å². The van der Waals surface area contributed by atoms with Gasteiger partial charge in [0.05, 0.1) is 19.3 Å². The highest BCUT2D eigenvalue weighted by Crippen LogP contribution is 2.17. The molecule has 7 heteroatoms. The summed E-state index contributed by atoms with van der Waals surface area (Å²) in [6.07, 6.45) is 3.55. The van der Waals surface area contributed by atoms with Crippen LogP contribution in [0.3, 0.4) is 0 Å². The Balaban J connectivity index is 1.47. The summed E-state index contributed by atoms with van der Waals surface area (Å²) in [4.78, 5) is 16.9. The number of rotatable bonds is 4. The average molecular weight is 319 g/mol. The monoisotopic (exact) mass is 319 g/mol. The molecule has 2 aliphatic rings. The number of nitrogens with zero attached hydrogens (tertiary/aromatic N) is 4. The third-order valence-electron chi connectivity index (χ3n) is 4.68. The number of morpholine rings is 1. The van der Waals surface area contributed by atoms with Gasteiger partial charge in [-0.25, -0.2) is 0 Å². The maximum Gasteiger partial charge on any atom is 0.239 e. The summed E-state index contributed by atoms with van der Waals surface area (Å²) in [5, 5.41) is 11.3. The van der Waals surface area contributed by atoms with Crippen LogP contribution in [0.1, 0.15) is 19.8 Å². The van der Waals surface area contributed by atoms with Crippen LogP contribution in [0.2, 0.25) is 0 Å². The van der Waals surface area contributed by atoms with Crippen LogP contribution < -0.4 is 5.32 Å².